The molecule has 0 aliphatic carbocycles. The van der Waals surface area contributed by atoms with Crippen LogP contribution in [0.25, 0.3) is 0 Å². The number of aliphatic hydroxyl groups excluding tert-OH is 1. The quantitative estimate of drug-likeness (QED) is 0.930. The minimum Gasteiger partial charge on any atom is -0.498 e. The van der Waals surface area contributed by atoms with Crippen molar-refractivity contribution < 1.29 is 19.4 Å². The van der Waals surface area contributed by atoms with E-state index in [-0.39, 0.29) is 11.9 Å². The second-order valence-corrected chi connectivity index (χ2v) is 6.13. The molecule has 124 valence electrons. The molecule has 2 heterocycles. The number of β-amino-alcohol motifs (C(OH)–C–C–N with tert-alkyl or cyclic N) is 1. The molecule has 2 aliphatic rings. The van der Waals surface area contributed by atoms with E-state index in [4.69, 9.17) is 9.47 Å². The number of hydrogen-bond donors (Lipinski definition) is 1. The van der Waals surface area contributed by atoms with E-state index >= 15 is 0 Å². The van der Waals surface area contributed by atoms with Crippen LogP contribution in [0.15, 0.2) is 35.6 Å². The molecule has 5 heteroatoms. The number of methoxy groups -OCH3 is 1. The van der Waals surface area contributed by atoms with Crippen molar-refractivity contribution in [2.75, 3.05) is 20.3 Å². The number of aliphatic hydroxyl groups is 1. The zero-order valence-electron chi connectivity index (χ0n) is 13.6. The number of likely N-dealkylation sites (tertiary alicyclic amines) is 1. The Bertz CT molecular complexity index is 625. The van der Waals surface area contributed by atoms with Crippen molar-refractivity contribution in [3.63, 3.8) is 0 Å². The summed E-state index contributed by atoms with van der Waals surface area (Å²) in [6.45, 7) is 2.88. The van der Waals surface area contributed by atoms with Crippen molar-refractivity contribution in [3.8, 4) is 5.75 Å². The lowest BCUT2D eigenvalue weighted by Gasteiger charge is -2.28. The molecule has 23 heavy (non-hydrogen) atoms. The Labute approximate surface area is 136 Å². The lowest BCUT2D eigenvalue weighted by molar-refractivity contribution is -0.129. The summed E-state index contributed by atoms with van der Waals surface area (Å²) in [4.78, 5) is 14.7. The van der Waals surface area contributed by atoms with Gasteiger partial charge in [0.2, 0.25) is 0 Å². The summed E-state index contributed by atoms with van der Waals surface area (Å²) >= 11 is 0. The average Bonchev–Trinajstić information content (AvgIpc) is 2.96. The average molecular weight is 317 g/mol. The van der Waals surface area contributed by atoms with E-state index in [1.165, 1.54) is 0 Å². The molecule has 2 aliphatic heterocycles. The number of carbonyl (C=O) groups is 1. The first-order valence-corrected chi connectivity index (χ1v) is 8.05. The Morgan fingerprint density at radius 1 is 1.43 bits per heavy atom. The number of nitrogens with zero attached hydrogens (tertiary/aromatic N) is 1. The van der Waals surface area contributed by atoms with Crippen LogP contribution in [0.1, 0.15) is 37.8 Å². The van der Waals surface area contributed by atoms with Crippen LogP contribution >= 0.6 is 0 Å². The zero-order valence-corrected chi connectivity index (χ0v) is 13.6. The van der Waals surface area contributed by atoms with Crippen LogP contribution in [0, 0.1) is 0 Å². The summed E-state index contributed by atoms with van der Waals surface area (Å²) in [5, 5.41) is 10.1. The Hall–Kier alpha value is -2.01. The number of allylic oxidation sites excluding steroid dienone is 1. The highest BCUT2D eigenvalue weighted by Gasteiger charge is 2.37. The first kappa shape index (κ1) is 15.9. The number of hydrogen-bond acceptors (Lipinski definition) is 4. The van der Waals surface area contributed by atoms with Crippen LogP contribution in [0.3, 0.4) is 0 Å². The van der Waals surface area contributed by atoms with Gasteiger partial charge in [-0.3, -0.25) is 4.79 Å². The maximum absolute atomic E-state index is 12.9. The van der Waals surface area contributed by atoms with Crippen molar-refractivity contribution in [1.82, 2.24) is 4.90 Å². The van der Waals surface area contributed by atoms with E-state index in [0.717, 1.165) is 29.7 Å². The van der Waals surface area contributed by atoms with Gasteiger partial charge >= 0.3 is 0 Å². The SMILES string of the molecule is COc1cccc([C@@H]2C[C@H](O)CN2C(=O)C2=C(C)OCCC2)c1. The molecule has 0 radical (unpaired) electrons. The Balaban J connectivity index is 1.89. The Morgan fingerprint density at radius 3 is 3.00 bits per heavy atom. The lowest BCUT2D eigenvalue weighted by atomic mass is 10.0. The third-order valence-corrected chi connectivity index (χ3v) is 4.59. The standard InChI is InChI=1S/C18H23NO4/c1-12-16(7-4-8-23-12)18(21)19-11-14(20)10-17(19)13-5-3-6-15(9-13)22-2/h3,5-6,9,14,17,20H,4,7-8,10-11H2,1-2H3/t14-,17-/m0/s1. The third-order valence-electron chi connectivity index (χ3n) is 4.59. The molecule has 1 aromatic carbocycles. The number of ether oxygens (including phenoxy) is 2. The number of rotatable bonds is 3. The molecule has 3 rings (SSSR count). The second-order valence-electron chi connectivity index (χ2n) is 6.13. The second kappa shape index (κ2) is 6.62. The van der Waals surface area contributed by atoms with E-state index in [1.807, 2.05) is 31.2 Å². The summed E-state index contributed by atoms with van der Waals surface area (Å²) in [6, 6.07) is 7.57. The highest BCUT2D eigenvalue weighted by Crippen LogP contribution is 2.36. The van der Waals surface area contributed by atoms with Gasteiger partial charge < -0.3 is 19.5 Å². The van der Waals surface area contributed by atoms with Gasteiger partial charge in [-0.1, -0.05) is 12.1 Å². The van der Waals surface area contributed by atoms with Gasteiger partial charge in [0.1, 0.15) is 11.5 Å². The summed E-state index contributed by atoms with van der Waals surface area (Å²) in [5.74, 6) is 1.45. The molecular formula is C18H23NO4. The third kappa shape index (κ3) is 3.20. The van der Waals surface area contributed by atoms with Crippen molar-refractivity contribution in [3.05, 3.63) is 41.2 Å². The fourth-order valence-electron chi connectivity index (χ4n) is 3.37. The predicted molar refractivity (Wildman–Crippen MR) is 86.0 cm³/mol. The van der Waals surface area contributed by atoms with Crippen LogP contribution in [0.5, 0.6) is 5.75 Å². The van der Waals surface area contributed by atoms with E-state index in [9.17, 15) is 9.90 Å². The number of amides is 1. The molecule has 0 aromatic heterocycles. The number of carbonyl (C=O) groups excluding carboxylic acids is 1. The van der Waals surface area contributed by atoms with Gasteiger partial charge in [-0.05, 0) is 43.9 Å². The summed E-state index contributed by atoms with van der Waals surface area (Å²) in [7, 11) is 1.62. The van der Waals surface area contributed by atoms with Crippen LogP contribution in [0.4, 0.5) is 0 Å². The van der Waals surface area contributed by atoms with Crippen LogP contribution < -0.4 is 4.74 Å². The Kier molecular flexibility index (Phi) is 4.57. The normalized spacial score (nSPS) is 24.6. The zero-order chi connectivity index (χ0) is 16.4. The van der Waals surface area contributed by atoms with Gasteiger partial charge in [-0.25, -0.2) is 0 Å². The largest absolute Gasteiger partial charge is 0.498 e. The molecule has 1 fully saturated rings. The highest BCUT2D eigenvalue weighted by atomic mass is 16.5. The van der Waals surface area contributed by atoms with Crippen molar-refractivity contribution in [2.45, 2.75) is 38.3 Å². The van der Waals surface area contributed by atoms with Crippen LogP contribution in [-0.4, -0.2) is 42.3 Å². The molecule has 0 saturated carbocycles. The summed E-state index contributed by atoms with van der Waals surface area (Å²) < 4.78 is 10.8. The van der Waals surface area contributed by atoms with Gasteiger partial charge in [0.05, 0.1) is 31.4 Å². The highest BCUT2D eigenvalue weighted by molar-refractivity contribution is 5.94. The fraction of sp³-hybridized carbons (Fsp3) is 0.500. The molecular weight excluding hydrogens is 294 g/mol. The molecule has 1 saturated heterocycles. The van der Waals surface area contributed by atoms with Gasteiger partial charge in [0.15, 0.2) is 0 Å². The van der Waals surface area contributed by atoms with Gasteiger partial charge in [0, 0.05) is 6.54 Å². The van der Waals surface area contributed by atoms with Crippen LogP contribution in [0.2, 0.25) is 0 Å². The molecule has 5 nitrogen and oxygen atoms in total. The maximum Gasteiger partial charge on any atom is 0.253 e. The molecule has 1 aromatic rings. The molecule has 2 atom stereocenters. The fourth-order valence-corrected chi connectivity index (χ4v) is 3.37. The first-order valence-electron chi connectivity index (χ1n) is 8.05. The van der Waals surface area contributed by atoms with E-state index in [0.29, 0.717) is 25.3 Å². The van der Waals surface area contributed by atoms with E-state index < -0.39 is 6.10 Å². The molecule has 0 spiro atoms. The van der Waals surface area contributed by atoms with Gasteiger partial charge in [-0.15, -0.1) is 0 Å². The smallest absolute Gasteiger partial charge is 0.253 e. The minimum absolute atomic E-state index is 0.0217. The van der Waals surface area contributed by atoms with Crippen molar-refractivity contribution >= 4 is 5.91 Å². The molecule has 0 bridgehead atoms. The van der Waals surface area contributed by atoms with E-state index in [1.54, 1.807) is 12.0 Å². The van der Waals surface area contributed by atoms with Crippen molar-refractivity contribution in [1.29, 1.82) is 0 Å². The molecule has 1 amide bonds. The topological polar surface area (TPSA) is 59.0 Å². The van der Waals surface area contributed by atoms with Crippen LogP contribution in [-0.2, 0) is 9.53 Å². The van der Waals surface area contributed by atoms with Crippen molar-refractivity contribution in [2.24, 2.45) is 0 Å². The maximum atomic E-state index is 12.9. The molecule has 0 unspecified atom stereocenters. The van der Waals surface area contributed by atoms with E-state index in [2.05, 4.69) is 0 Å². The Morgan fingerprint density at radius 2 is 2.26 bits per heavy atom. The van der Waals surface area contributed by atoms with Gasteiger partial charge in [-0.2, -0.15) is 0 Å². The predicted octanol–water partition coefficient (Wildman–Crippen LogP) is 2.41. The summed E-state index contributed by atoms with van der Waals surface area (Å²) in [5.41, 5.74) is 1.72. The minimum atomic E-state index is -0.499. The first-order chi connectivity index (χ1) is 11.1. The molecule has 1 N–H and O–H groups in total. The summed E-state index contributed by atoms with van der Waals surface area (Å²) in [6.07, 6.45) is 1.65. The van der Waals surface area contributed by atoms with Gasteiger partial charge in [0.25, 0.3) is 5.91 Å². The monoisotopic (exact) mass is 317 g/mol. The lowest BCUT2D eigenvalue weighted by Crippen LogP contribution is -2.34. The number of benzene rings is 1.